The predicted molar refractivity (Wildman–Crippen MR) is 289 cm³/mol. The van der Waals surface area contributed by atoms with Crippen molar-refractivity contribution >= 4 is 119 Å². The number of hydrogen-bond acceptors (Lipinski definition) is 13. The molecule has 0 spiro atoms. The molecular formula is C46H70N8O7S6. The number of aromatic nitrogens is 3. The van der Waals surface area contributed by atoms with E-state index in [0.717, 1.165) is 76.5 Å². The molecule has 3 aliphatic heterocycles. The number of esters is 2. The average Bonchev–Trinajstić information content (AvgIpc) is 3.86. The summed E-state index contributed by atoms with van der Waals surface area (Å²) in [7, 11) is 3.87. The molecule has 1 aromatic carbocycles. The van der Waals surface area contributed by atoms with Crippen LogP contribution in [0.5, 0.6) is 0 Å². The molecule has 3 aromatic heterocycles. The standard InChI is InChI=1S/C46H60N8O7S.5H2S/c1-8-53-38-13-12-28-19-30(38)34(41(53)33-20-29(24-47-40(33)27(3)59-7)52-17-15-51(6)16-18-52)23-46(4,5)26-61-45(58)35-11-10-14-54(50-35)43(56)36(22-39-48-37(28)25-62-39)49-42(55)31-21-32(31)44(57)60-9-2;;;;;/h12-13,19-20,24-25,27,31-32,35-36,50H,8-11,14-18,21-23,26H2,1-7H3,(H,49,55);5*1H2/t27-,31-,32-,35-,36-;;;;;/m0...../s1. The van der Waals surface area contributed by atoms with Crippen molar-refractivity contribution in [1.29, 1.82) is 0 Å². The quantitative estimate of drug-likeness (QED) is 0.197. The molecule has 1 aliphatic carbocycles. The van der Waals surface area contributed by atoms with Crippen LogP contribution in [0.2, 0.25) is 0 Å². The van der Waals surface area contributed by atoms with E-state index < -0.39 is 41.3 Å². The molecule has 4 aromatic rings. The Kier molecular flexibility index (Phi) is 21.4. The number of nitrogens with zero attached hydrogens (tertiary/aromatic N) is 6. The number of amides is 2. The van der Waals surface area contributed by atoms with Gasteiger partial charge in [-0.2, -0.15) is 67.5 Å². The fraction of sp³-hybridized carbons (Fsp3) is 0.565. The molecule has 6 heterocycles. The number of carbonyl (C=O) groups excluding carboxylic acids is 4. The summed E-state index contributed by atoms with van der Waals surface area (Å²) < 4.78 is 19.6. The number of hydrogen-bond donors (Lipinski definition) is 2. The summed E-state index contributed by atoms with van der Waals surface area (Å²) in [5.74, 6) is -2.69. The van der Waals surface area contributed by atoms with E-state index in [0.29, 0.717) is 43.8 Å². The average molecular weight is 1040 g/mol. The summed E-state index contributed by atoms with van der Waals surface area (Å²) in [5, 5.41) is 8.12. The second-order valence-corrected chi connectivity index (χ2v) is 18.9. The largest absolute Gasteiger partial charge is 0.466 e. The second-order valence-electron chi connectivity index (χ2n) is 18.0. The summed E-state index contributed by atoms with van der Waals surface area (Å²) in [6.45, 7) is 15.4. The number of ether oxygens (including phenoxy) is 3. The van der Waals surface area contributed by atoms with Crippen LogP contribution in [0.15, 0.2) is 35.8 Å². The van der Waals surface area contributed by atoms with E-state index in [1.807, 2.05) is 18.5 Å². The van der Waals surface area contributed by atoms with Gasteiger partial charge >= 0.3 is 11.9 Å². The fourth-order valence-electron chi connectivity index (χ4n) is 9.11. The minimum Gasteiger partial charge on any atom is -0.466 e. The molecule has 21 heteroatoms. The molecule has 3 fully saturated rings. The molecule has 67 heavy (non-hydrogen) atoms. The normalized spacial score (nSPS) is 22.0. The van der Waals surface area contributed by atoms with E-state index in [2.05, 4.69) is 77.2 Å². The van der Waals surface area contributed by atoms with Crippen LogP contribution in [0, 0.1) is 17.3 Å². The Balaban J connectivity index is 0.00000238. The highest BCUT2D eigenvalue weighted by Crippen LogP contribution is 2.43. The number of benzene rings is 1. The van der Waals surface area contributed by atoms with Crippen molar-refractivity contribution in [3.63, 3.8) is 0 Å². The molecular weight excluding hydrogens is 969 g/mol. The lowest BCUT2D eigenvalue weighted by molar-refractivity contribution is -0.155. The topological polar surface area (TPSA) is 160 Å². The Bertz CT molecular complexity index is 2360. The number of rotatable bonds is 9. The van der Waals surface area contributed by atoms with Gasteiger partial charge in [0.15, 0.2) is 0 Å². The van der Waals surface area contributed by atoms with Crippen molar-refractivity contribution in [2.24, 2.45) is 17.3 Å². The third kappa shape index (κ3) is 12.6. The van der Waals surface area contributed by atoms with Gasteiger partial charge in [-0.25, -0.2) is 10.4 Å². The van der Waals surface area contributed by atoms with Gasteiger partial charge in [-0.3, -0.25) is 29.2 Å². The van der Waals surface area contributed by atoms with Gasteiger partial charge < -0.3 is 33.9 Å². The number of anilines is 1. The Hall–Kier alpha value is -3.15. The van der Waals surface area contributed by atoms with Gasteiger partial charge in [-0.15, -0.1) is 11.3 Å². The smallest absolute Gasteiger partial charge is 0.324 e. The van der Waals surface area contributed by atoms with Crippen LogP contribution in [0.3, 0.4) is 0 Å². The number of hydrazine groups is 1. The first-order chi connectivity index (χ1) is 29.8. The summed E-state index contributed by atoms with van der Waals surface area (Å²) in [6, 6.07) is 7.00. The van der Waals surface area contributed by atoms with Crippen molar-refractivity contribution in [3.8, 4) is 22.5 Å². The van der Waals surface area contributed by atoms with Crippen LogP contribution in [0.25, 0.3) is 33.4 Å². The van der Waals surface area contributed by atoms with Crippen LogP contribution in [0.1, 0.15) is 76.3 Å². The number of likely N-dealkylation sites (N-methyl/N-ethyl adjacent to an activating group) is 1. The molecule has 0 unspecified atom stereocenters. The number of aryl methyl sites for hydroxylation is 1. The number of methoxy groups -OCH3 is 1. The van der Waals surface area contributed by atoms with E-state index in [9.17, 15) is 19.2 Å². The summed E-state index contributed by atoms with van der Waals surface area (Å²) >= 11 is 1.43. The number of cyclic esters (lactones) is 1. The monoisotopic (exact) mass is 1040 g/mol. The van der Waals surface area contributed by atoms with E-state index in [1.165, 1.54) is 16.3 Å². The van der Waals surface area contributed by atoms with Crippen molar-refractivity contribution in [2.75, 3.05) is 65.0 Å². The number of piperazine rings is 1. The fourth-order valence-corrected chi connectivity index (χ4v) is 9.96. The predicted octanol–water partition coefficient (Wildman–Crippen LogP) is 5.72. The highest BCUT2D eigenvalue weighted by Gasteiger charge is 2.50. The van der Waals surface area contributed by atoms with Crippen LogP contribution in [0.4, 0.5) is 5.69 Å². The molecule has 5 atom stereocenters. The van der Waals surface area contributed by atoms with E-state index >= 15 is 0 Å². The van der Waals surface area contributed by atoms with Crippen molar-refractivity contribution in [3.05, 3.63) is 52.1 Å². The summed E-state index contributed by atoms with van der Waals surface area (Å²) in [5.41, 5.74) is 10.5. The second kappa shape index (κ2) is 24.6. The third-order valence-electron chi connectivity index (χ3n) is 12.8. The number of carbonyl (C=O) groups is 4. The summed E-state index contributed by atoms with van der Waals surface area (Å²) in [4.78, 5) is 69.0. The summed E-state index contributed by atoms with van der Waals surface area (Å²) in [6.07, 6.45) is 3.86. The van der Waals surface area contributed by atoms with Crippen LogP contribution >= 0.6 is 78.8 Å². The SMILES string of the molecule is CCOC(=O)[C@H]1C[C@@H]1C(=O)N[C@H]1Cc2nc(cs2)-c2ccc3c(c2)c(c(-c2cc(N4CCN(C)CC4)cnc2[C@H](C)OC)n3CC)CC(C)(C)COC(=O)[C@@H]2CCCN(N2)C1=O.S.S.S.S.S. The lowest BCUT2D eigenvalue weighted by Gasteiger charge is -2.35. The highest BCUT2D eigenvalue weighted by atomic mass is 32.1. The van der Waals surface area contributed by atoms with E-state index in [1.54, 1.807) is 14.0 Å². The Morgan fingerprint density at radius 1 is 1.03 bits per heavy atom. The molecule has 0 radical (unpaired) electrons. The third-order valence-corrected chi connectivity index (χ3v) is 13.7. The molecule has 6 bridgehead atoms. The minimum absolute atomic E-state index is 0. The van der Waals surface area contributed by atoms with E-state index in [4.69, 9.17) is 24.2 Å². The van der Waals surface area contributed by atoms with Gasteiger partial charge in [-0.05, 0) is 77.3 Å². The van der Waals surface area contributed by atoms with Crippen molar-refractivity contribution in [1.82, 2.24) is 35.2 Å². The van der Waals surface area contributed by atoms with Crippen LogP contribution in [-0.2, 0) is 52.8 Å². The van der Waals surface area contributed by atoms with Gasteiger partial charge in [-0.1, -0.05) is 19.9 Å². The molecule has 8 rings (SSSR count). The van der Waals surface area contributed by atoms with Gasteiger partial charge in [0.25, 0.3) is 5.91 Å². The zero-order valence-corrected chi connectivity index (χ0v) is 45.3. The molecule has 2 N–H and O–H groups in total. The van der Waals surface area contributed by atoms with Crippen molar-refractivity contribution in [2.45, 2.75) is 91.5 Å². The van der Waals surface area contributed by atoms with Crippen LogP contribution in [-0.4, -0.2) is 120 Å². The molecule has 2 amide bonds. The zero-order valence-electron chi connectivity index (χ0n) is 39.5. The molecule has 1 saturated carbocycles. The van der Waals surface area contributed by atoms with Crippen molar-refractivity contribution < 1.29 is 33.4 Å². The first kappa shape index (κ1) is 58.2. The first-order valence-electron chi connectivity index (χ1n) is 22.1. The maximum absolute atomic E-state index is 14.3. The zero-order chi connectivity index (χ0) is 43.9. The molecule has 372 valence electrons. The van der Waals surface area contributed by atoms with Crippen LogP contribution < -0.4 is 15.6 Å². The molecule has 2 saturated heterocycles. The number of nitrogens with one attached hydrogen (secondary N) is 2. The maximum atomic E-state index is 14.3. The van der Waals surface area contributed by atoms with Gasteiger partial charge in [0, 0.05) is 85.6 Å². The lowest BCUT2D eigenvalue weighted by atomic mass is 9.84. The Labute approximate surface area is 433 Å². The highest BCUT2D eigenvalue weighted by molar-refractivity contribution is 7.60. The Morgan fingerprint density at radius 3 is 2.45 bits per heavy atom. The lowest BCUT2D eigenvalue weighted by Crippen LogP contribution is -2.60. The molecule has 15 nitrogen and oxygen atoms in total. The minimum atomic E-state index is -0.987. The maximum Gasteiger partial charge on any atom is 0.324 e. The van der Waals surface area contributed by atoms with Gasteiger partial charge in [0.2, 0.25) is 5.91 Å². The van der Waals surface area contributed by atoms with E-state index in [-0.39, 0.29) is 105 Å². The Morgan fingerprint density at radius 2 is 1.76 bits per heavy atom. The number of fused-ring (bicyclic) bond motifs is 6. The molecule has 4 aliphatic rings. The number of pyridine rings is 1. The van der Waals surface area contributed by atoms with Gasteiger partial charge in [0.1, 0.15) is 12.1 Å². The first-order valence-corrected chi connectivity index (χ1v) is 22.9. The number of thiazole rings is 1. The van der Waals surface area contributed by atoms with Gasteiger partial charge in [0.05, 0.1) is 65.1 Å².